The summed E-state index contributed by atoms with van der Waals surface area (Å²) in [6.45, 7) is 1.93. The molecule has 1 aromatic heterocycles. The summed E-state index contributed by atoms with van der Waals surface area (Å²) in [5.41, 5.74) is 3.39. The molecule has 0 aliphatic carbocycles. The highest BCUT2D eigenvalue weighted by Gasteiger charge is 2.17. The molecule has 0 amide bonds. The summed E-state index contributed by atoms with van der Waals surface area (Å²) in [5, 5.41) is 3.16. The molecule has 7 nitrogen and oxygen atoms in total. The summed E-state index contributed by atoms with van der Waals surface area (Å²) in [4.78, 5) is 15.1. The van der Waals surface area contributed by atoms with Gasteiger partial charge in [0.05, 0.1) is 0 Å². The zero-order chi connectivity index (χ0) is 14.7. The Labute approximate surface area is 131 Å². The van der Waals surface area contributed by atoms with E-state index in [-0.39, 0.29) is 0 Å². The summed E-state index contributed by atoms with van der Waals surface area (Å²) in [6, 6.07) is 7.79. The van der Waals surface area contributed by atoms with Gasteiger partial charge >= 0.3 is 0 Å². The first kappa shape index (κ1) is 14.0. The topological polar surface area (TPSA) is 92.0 Å². The van der Waals surface area contributed by atoms with E-state index >= 15 is 0 Å². The normalized spacial score (nSPS) is 14.3. The SMILES string of the molecule is NNc1nc(Nc2ccc(Br)cc2)nc(N2CCCC2)n1. The van der Waals surface area contributed by atoms with Crippen LogP contribution in [0.3, 0.4) is 0 Å². The Hall–Kier alpha value is -1.93. The third-order valence-corrected chi connectivity index (χ3v) is 3.77. The summed E-state index contributed by atoms with van der Waals surface area (Å²) < 4.78 is 1.02. The molecule has 0 spiro atoms. The number of nitrogens with one attached hydrogen (secondary N) is 2. The van der Waals surface area contributed by atoms with E-state index < -0.39 is 0 Å². The lowest BCUT2D eigenvalue weighted by Crippen LogP contribution is -2.23. The van der Waals surface area contributed by atoms with Gasteiger partial charge in [-0.3, -0.25) is 5.43 Å². The smallest absolute Gasteiger partial charge is 0.243 e. The lowest BCUT2D eigenvalue weighted by atomic mass is 10.3. The predicted molar refractivity (Wildman–Crippen MR) is 86.5 cm³/mol. The number of hydrogen-bond acceptors (Lipinski definition) is 7. The molecule has 0 saturated carbocycles. The van der Waals surface area contributed by atoms with Crippen LogP contribution in [0.25, 0.3) is 0 Å². The molecule has 3 rings (SSSR count). The molecule has 1 aliphatic rings. The van der Waals surface area contributed by atoms with E-state index in [4.69, 9.17) is 5.84 Å². The number of nitrogens with two attached hydrogens (primary N) is 1. The minimum atomic E-state index is 0.353. The Kier molecular flexibility index (Phi) is 4.16. The van der Waals surface area contributed by atoms with E-state index in [1.165, 1.54) is 0 Å². The Bertz CT molecular complexity index is 610. The maximum Gasteiger partial charge on any atom is 0.243 e. The van der Waals surface area contributed by atoms with Gasteiger partial charge in [0.25, 0.3) is 0 Å². The third kappa shape index (κ3) is 3.40. The highest BCUT2D eigenvalue weighted by molar-refractivity contribution is 9.10. The number of anilines is 4. The van der Waals surface area contributed by atoms with Crippen molar-refractivity contribution in [1.29, 1.82) is 0 Å². The molecule has 1 fully saturated rings. The van der Waals surface area contributed by atoms with Crippen LogP contribution >= 0.6 is 15.9 Å². The van der Waals surface area contributed by atoms with Gasteiger partial charge in [-0.2, -0.15) is 15.0 Å². The maximum atomic E-state index is 5.44. The van der Waals surface area contributed by atoms with E-state index in [2.05, 4.69) is 46.5 Å². The van der Waals surface area contributed by atoms with Gasteiger partial charge in [0, 0.05) is 23.2 Å². The molecule has 1 aromatic carbocycles. The second kappa shape index (κ2) is 6.23. The molecule has 2 heterocycles. The summed E-state index contributed by atoms with van der Waals surface area (Å²) in [6.07, 6.45) is 2.32. The maximum absolute atomic E-state index is 5.44. The number of aromatic nitrogens is 3. The first-order chi connectivity index (χ1) is 10.2. The fourth-order valence-electron chi connectivity index (χ4n) is 2.21. The van der Waals surface area contributed by atoms with Crippen LogP contribution in [0.5, 0.6) is 0 Å². The fourth-order valence-corrected chi connectivity index (χ4v) is 2.47. The summed E-state index contributed by atoms with van der Waals surface area (Å²) in [7, 11) is 0. The minimum Gasteiger partial charge on any atom is -0.341 e. The van der Waals surface area contributed by atoms with Crippen LogP contribution in [0.2, 0.25) is 0 Å². The molecular formula is C13H16BrN7. The number of nitrogens with zero attached hydrogens (tertiary/aromatic N) is 4. The molecule has 1 aliphatic heterocycles. The van der Waals surface area contributed by atoms with Crippen molar-refractivity contribution in [3.63, 3.8) is 0 Å². The lowest BCUT2D eigenvalue weighted by molar-refractivity contribution is 0.882. The number of rotatable bonds is 4. The van der Waals surface area contributed by atoms with E-state index in [1.807, 2.05) is 24.3 Å². The molecule has 21 heavy (non-hydrogen) atoms. The number of hydrogen-bond donors (Lipinski definition) is 3. The highest BCUT2D eigenvalue weighted by Crippen LogP contribution is 2.21. The van der Waals surface area contributed by atoms with Crippen LogP contribution in [-0.2, 0) is 0 Å². The van der Waals surface area contributed by atoms with Crippen LogP contribution in [0, 0.1) is 0 Å². The number of hydrazine groups is 1. The Balaban J connectivity index is 1.86. The third-order valence-electron chi connectivity index (χ3n) is 3.24. The van der Waals surface area contributed by atoms with Crippen molar-refractivity contribution in [3.8, 4) is 0 Å². The van der Waals surface area contributed by atoms with Crippen LogP contribution < -0.4 is 21.5 Å². The molecule has 2 aromatic rings. The first-order valence-corrected chi connectivity index (χ1v) is 7.54. The van der Waals surface area contributed by atoms with Crippen LogP contribution in [0.4, 0.5) is 23.5 Å². The van der Waals surface area contributed by atoms with Crippen molar-refractivity contribution >= 4 is 39.5 Å². The second-order valence-corrected chi connectivity index (χ2v) is 5.67. The van der Waals surface area contributed by atoms with Crippen molar-refractivity contribution < 1.29 is 0 Å². The molecule has 4 N–H and O–H groups in total. The van der Waals surface area contributed by atoms with E-state index in [9.17, 15) is 0 Å². The largest absolute Gasteiger partial charge is 0.341 e. The van der Waals surface area contributed by atoms with Gasteiger partial charge in [0.1, 0.15) is 0 Å². The fraction of sp³-hybridized carbons (Fsp3) is 0.308. The van der Waals surface area contributed by atoms with E-state index in [1.54, 1.807) is 0 Å². The van der Waals surface area contributed by atoms with Crippen LogP contribution in [0.15, 0.2) is 28.7 Å². The summed E-state index contributed by atoms with van der Waals surface area (Å²) in [5.74, 6) is 6.92. The zero-order valence-electron chi connectivity index (χ0n) is 11.4. The van der Waals surface area contributed by atoms with E-state index in [0.29, 0.717) is 17.8 Å². The number of nitrogen functional groups attached to an aromatic ring is 1. The molecule has 110 valence electrons. The van der Waals surface area contributed by atoms with Gasteiger partial charge in [-0.15, -0.1) is 0 Å². The van der Waals surface area contributed by atoms with Crippen molar-refractivity contribution in [1.82, 2.24) is 15.0 Å². The summed E-state index contributed by atoms with van der Waals surface area (Å²) >= 11 is 3.41. The Morgan fingerprint density at radius 2 is 1.67 bits per heavy atom. The number of benzene rings is 1. The average Bonchev–Trinajstić information content (AvgIpc) is 3.04. The van der Waals surface area contributed by atoms with Gasteiger partial charge in [0.15, 0.2) is 0 Å². The second-order valence-electron chi connectivity index (χ2n) is 4.75. The van der Waals surface area contributed by atoms with E-state index in [0.717, 1.165) is 36.1 Å². The van der Waals surface area contributed by atoms with Gasteiger partial charge in [-0.25, -0.2) is 5.84 Å². The van der Waals surface area contributed by atoms with Crippen molar-refractivity contribution in [2.24, 2.45) is 5.84 Å². The van der Waals surface area contributed by atoms with Gasteiger partial charge in [0.2, 0.25) is 17.8 Å². The average molecular weight is 350 g/mol. The molecular weight excluding hydrogens is 334 g/mol. The first-order valence-electron chi connectivity index (χ1n) is 6.75. The van der Waals surface area contributed by atoms with Crippen LogP contribution in [0.1, 0.15) is 12.8 Å². The van der Waals surface area contributed by atoms with Gasteiger partial charge in [-0.05, 0) is 37.1 Å². The van der Waals surface area contributed by atoms with Crippen molar-refractivity contribution in [2.75, 3.05) is 28.7 Å². The molecule has 1 saturated heterocycles. The number of halogens is 1. The minimum absolute atomic E-state index is 0.353. The van der Waals surface area contributed by atoms with Crippen molar-refractivity contribution in [3.05, 3.63) is 28.7 Å². The molecule has 8 heteroatoms. The molecule has 0 atom stereocenters. The standard InChI is InChI=1S/C13H16BrN7/c14-9-3-5-10(6-4-9)16-11-17-12(20-15)19-13(18-11)21-7-1-2-8-21/h3-6H,1-2,7-8,15H2,(H2,16,17,18,19,20). The van der Waals surface area contributed by atoms with Gasteiger partial charge < -0.3 is 10.2 Å². The predicted octanol–water partition coefficient (Wildman–Crippen LogP) is 2.26. The monoisotopic (exact) mass is 349 g/mol. The quantitative estimate of drug-likeness (QED) is 0.575. The highest BCUT2D eigenvalue weighted by atomic mass is 79.9. The molecule has 0 unspecified atom stereocenters. The van der Waals surface area contributed by atoms with Gasteiger partial charge in [-0.1, -0.05) is 15.9 Å². The molecule has 0 bridgehead atoms. The van der Waals surface area contributed by atoms with Crippen LogP contribution in [-0.4, -0.2) is 28.0 Å². The Morgan fingerprint density at radius 3 is 2.33 bits per heavy atom. The zero-order valence-corrected chi connectivity index (χ0v) is 13.0. The lowest BCUT2D eigenvalue weighted by Gasteiger charge is -2.16. The Morgan fingerprint density at radius 1 is 1.00 bits per heavy atom. The van der Waals surface area contributed by atoms with Crippen molar-refractivity contribution in [2.45, 2.75) is 12.8 Å². The molecule has 0 radical (unpaired) electrons.